The number of dihydropyridines is 1. The minimum absolute atomic E-state index is 0.0162. The number of carbonyl (C=O) groups excluding carboxylic acids is 2. The number of nitrogens with one attached hydrogen (secondary N) is 1. The lowest BCUT2D eigenvalue weighted by atomic mass is 9.75. The van der Waals surface area contributed by atoms with Gasteiger partial charge in [0.05, 0.1) is 38.9 Å². The van der Waals surface area contributed by atoms with E-state index < -0.39 is 11.9 Å². The number of allylic oxidation sites excluding steroid dienone is 3. The van der Waals surface area contributed by atoms with Gasteiger partial charge >= 0.3 is 5.97 Å². The van der Waals surface area contributed by atoms with Gasteiger partial charge in [-0.3, -0.25) is 4.79 Å². The van der Waals surface area contributed by atoms with Crippen LogP contribution < -0.4 is 19.5 Å². The Hall–Kier alpha value is -3.00. The Morgan fingerprint density at radius 1 is 1.09 bits per heavy atom. The molecule has 0 saturated carbocycles. The van der Waals surface area contributed by atoms with E-state index in [9.17, 15) is 9.59 Å². The Morgan fingerprint density at radius 3 is 2.55 bits per heavy atom. The van der Waals surface area contributed by atoms with Gasteiger partial charge in [-0.15, -0.1) is 0 Å². The molecule has 0 radical (unpaired) electrons. The average Bonchev–Trinajstić information content (AvgIpc) is 3.34. The maximum atomic E-state index is 13.4. The van der Waals surface area contributed by atoms with Gasteiger partial charge in [0.25, 0.3) is 0 Å². The van der Waals surface area contributed by atoms with Gasteiger partial charge in [0, 0.05) is 35.6 Å². The summed E-state index contributed by atoms with van der Waals surface area (Å²) in [6.07, 6.45) is 3.68. The first-order valence-corrected chi connectivity index (χ1v) is 11.3. The SMILES string of the molecule is COc1ccc(C2C(C(=O)OCC3CCCO3)=C(C)NC3=C2C(=O)CCC3)c(OC)c1OC. The number of Topliss-reactive ketones (excluding diaryl/α,β-unsaturated/α-hetero) is 1. The number of rotatable bonds is 7. The normalized spacial score (nSPS) is 22.6. The molecule has 1 aromatic rings. The van der Waals surface area contributed by atoms with Crippen molar-refractivity contribution in [3.8, 4) is 17.2 Å². The number of ketones is 1. The molecule has 2 unspecified atom stereocenters. The summed E-state index contributed by atoms with van der Waals surface area (Å²) in [5.74, 6) is 0.238. The van der Waals surface area contributed by atoms with Crippen LogP contribution in [0.25, 0.3) is 0 Å². The average molecular weight is 458 g/mol. The highest BCUT2D eigenvalue weighted by molar-refractivity contribution is 6.04. The molecule has 178 valence electrons. The van der Waals surface area contributed by atoms with Crippen LogP contribution in [0, 0.1) is 0 Å². The number of methoxy groups -OCH3 is 3. The second kappa shape index (κ2) is 9.87. The van der Waals surface area contributed by atoms with Crippen LogP contribution in [0.5, 0.6) is 17.2 Å². The molecule has 2 atom stereocenters. The summed E-state index contributed by atoms with van der Waals surface area (Å²) in [4.78, 5) is 26.5. The molecule has 0 amide bonds. The van der Waals surface area contributed by atoms with Crippen molar-refractivity contribution >= 4 is 11.8 Å². The van der Waals surface area contributed by atoms with Crippen LogP contribution in [0.1, 0.15) is 50.5 Å². The highest BCUT2D eigenvalue weighted by atomic mass is 16.6. The van der Waals surface area contributed by atoms with Crippen molar-refractivity contribution in [3.05, 3.63) is 40.2 Å². The van der Waals surface area contributed by atoms with Crippen LogP contribution in [0.15, 0.2) is 34.7 Å². The molecule has 1 aliphatic carbocycles. The standard InChI is InChI=1S/C25H31NO7/c1-14-20(25(28)33-13-15-7-6-12-32-15)21(22-17(26-14)8-5-9-18(22)27)16-10-11-19(29-2)24(31-4)23(16)30-3/h10-11,15,21,26H,5-9,12-13H2,1-4H3. The molecule has 1 fully saturated rings. The van der Waals surface area contributed by atoms with Gasteiger partial charge < -0.3 is 29.0 Å². The monoisotopic (exact) mass is 457 g/mol. The topological polar surface area (TPSA) is 92.3 Å². The Kier molecular flexibility index (Phi) is 6.93. The third-order valence-electron chi connectivity index (χ3n) is 6.47. The minimum atomic E-state index is -0.638. The number of carbonyl (C=O) groups is 2. The van der Waals surface area contributed by atoms with Gasteiger partial charge in [-0.2, -0.15) is 0 Å². The van der Waals surface area contributed by atoms with Crippen molar-refractivity contribution < 1.29 is 33.3 Å². The van der Waals surface area contributed by atoms with Crippen LogP contribution in [-0.2, 0) is 19.1 Å². The highest BCUT2D eigenvalue weighted by Gasteiger charge is 2.41. The van der Waals surface area contributed by atoms with Crippen molar-refractivity contribution in [1.29, 1.82) is 0 Å². The lowest BCUT2D eigenvalue weighted by molar-refractivity contribution is -0.142. The van der Waals surface area contributed by atoms with Gasteiger partial charge in [-0.05, 0) is 38.7 Å². The van der Waals surface area contributed by atoms with Crippen LogP contribution in [0.2, 0.25) is 0 Å². The van der Waals surface area contributed by atoms with Crippen LogP contribution >= 0.6 is 0 Å². The highest BCUT2D eigenvalue weighted by Crippen LogP contribution is 2.50. The second-order valence-electron chi connectivity index (χ2n) is 8.42. The van der Waals surface area contributed by atoms with E-state index in [1.807, 2.05) is 13.0 Å². The summed E-state index contributed by atoms with van der Waals surface area (Å²) in [5.41, 5.74) is 3.15. The fraction of sp³-hybridized carbons (Fsp3) is 0.520. The van der Waals surface area contributed by atoms with Crippen LogP contribution in [-0.4, -0.2) is 52.4 Å². The molecular formula is C25H31NO7. The quantitative estimate of drug-likeness (QED) is 0.623. The first-order chi connectivity index (χ1) is 16.0. The molecule has 0 aromatic heterocycles. The van der Waals surface area contributed by atoms with Gasteiger partial charge in [-0.1, -0.05) is 6.07 Å². The van der Waals surface area contributed by atoms with Crippen LogP contribution in [0.4, 0.5) is 0 Å². The summed E-state index contributed by atoms with van der Waals surface area (Å²) in [6.45, 7) is 2.71. The summed E-state index contributed by atoms with van der Waals surface area (Å²) in [6, 6.07) is 3.58. The van der Waals surface area contributed by atoms with E-state index >= 15 is 0 Å². The molecule has 3 aliphatic rings. The number of ether oxygens (including phenoxy) is 5. The lowest BCUT2D eigenvalue weighted by Crippen LogP contribution is -2.35. The first-order valence-electron chi connectivity index (χ1n) is 11.3. The van der Waals surface area contributed by atoms with E-state index in [4.69, 9.17) is 23.7 Å². The molecule has 33 heavy (non-hydrogen) atoms. The summed E-state index contributed by atoms with van der Waals surface area (Å²) < 4.78 is 28.0. The second-order valence-corrected chi connectivity index (χ2v) is 8.42. The molecule has 8 heteroatoms. The van der Waals surface area contributed by atoms with Crippen molar-refractivity contribution in [2.75, 3.05) is 34.5 Å². The largest absolute Gasteiger partial charge is 0.493 e. The molecule has 1 aromatic carbocycles. The van der Waals surface area contributed by atoms with E-state index in [-0.39, 0.29) is 18.5 Å². The summed E-state index contributed by atoms with van der Waals surface area (Å²) >= 11 is 0. The number of benzene rings is 1. The van der Waals surface area contributed by atoms with E-state index in [1.165, 1.54) is 14.2 Å². The third-order valence-corrected chi connectivity index (χ3v) is 6.47. The Bertz CT molecular complexity index is 1000. The van der Waals surface area contributed by atoms with E-state index in [0.29, 0.717) is 52.7 Å². The van der Waals surface area contributed by atoms with Crippen molar-refractivity contribution in [2.45, 2.75) is 51.0 Å². The third kappa shape index (κ3) is 4.31. The van der Waals surface area contributed by atoms with Gasteiger partial charge in [0.15, 0.2) is 17.3 Å². The lowest BCUT2D eigenvalue weighted by Gasteiger charge is -2.35. The van der Waals surface area contributed by atoms with Gasteiger partial charge in [0.1, 0.15) is 6.61 Å². The predicted molar refractivity (Wildman–Crippen MR) is 120 cm³/mol. The summed E-state index contributed by atoms with van der Waals surface area (Å²) in [5, 5.41) is 3.31. The molecular weight excluding hydrogens is 426 g/mol. The molecule has 2 aliphatic heterocycles. The molecule has 4 rings (SSSR count). The van der Waals surface area contributed by atoms with Gasteiger partial charge in [-0.25, -0.2) is 4.79 Å². The number of hydrogen-bond donors (Lipinski definition) is 1. The minimum Gasteiger partial charge on any atom is -0.493 e. The van der Waals surface area contributed by atoms with Crippen molar-refractivity contribution in [2.24, 2.45) is 0 Å². The smallest absolute Gasteiger partial charge is 0.336 e. The predicted octanol–water partition coefficient (Wildman–Crippen LogP) is 3.40. The maximum absolute atomic E-state index is 13.4. The van der Waals surface area contributed by atoms with E-state index in [1.54, 1.807) is 13.2 Å². The molecule has 2 heterocycles. The fourth-order valence-electron chi connectivity index (χ4n) is 4.94. The molecule has 0 spiro atoms. The molecule has 0 bridgehead atoms. The molecule has 1 saturated heterocycles. The Balaban J connectivity index is 1.81. The van der Waals surface area contributed by atoms with E-state index in [0.717, 1.165) is 31.4 Å². The molecule has 1 N–H and O–H groups in total. The van der Waals surface area contributed by atoms with Crippen LogP contribution in [0.3, 0.4) is 0 Å². The number of hydrogen-bond acceptors (Lipinski definition) is 8. The van der Waals surface area contributed by atoms with E-state index in [2.05, 4.69) is 5.32 Å². The maximum Gasteiger partial charge on any atom is 0.336 e. The van der Waals surface area contributed by atoms with Crippen molar-refractivity contribution in [1.82, 2.24) is 5.32 Å². The first kappa shape index (κ1) is 23.2. The fourth-order valence-corrected chi connectivity index (χ4v) is 4.94. The molecule has 8 nitrogen and oxygen atoms in total. The zero-order valence-corrected chi connectivity index (χ0v) is 19.6. The van der Waals surface area contributed by atoms with Crippen molar-refractivity contribution in [3.63, 3.8) is 0 Å². The Labute approximate surface area is 193 Å². The summed E-state index contributed by atoms with van der Waals surface area (Å²) in [7, 11) is 4.61. The zero-order chi connectivity index (χ0) is 23.5. The van der Waals surface area contributed by atoms with Gasteiger partial charge in [0.2, 0.25) is 5.75 Å². The number of esters is 1. The zero-order valence-electron chi connectivity index (χ0n) is 19.6. The Morgan fingerprint density at radius 2 is 1.88 bits per heavy atom.